The van der Waals surface area contributed by atoms with Gasteiger partial charge in [-0.15, -0.1) is 0 Å². The molecule has 2 aromatic carbocycles. The maximum absolute atomic E-state index is 5.73. The molecule has 0 heterocycles. The summed E-state index contributed by atoms with van der Waals surface area (Å²) in [6.07, 6.45) is 5.07. The Kier molecular flexibility index (Phi) is 5.20. The second-order valence-corrected chi connectivity index (χ2v) is 4.32. The van der Waals surface area contributed by atoms with Crippen molar-refractivity contribution in [2.75, 3.05) is 6.54 Å². The van der Waals surface area contributed by atoms with Crippen LogP contribution in [0.25, 0.3) is 6.08 Å². The molecule has 98 valence electrons. The number of hydrogen-bond donors (Lipinski definition) is 1. The summed E-state index contributed by atoms with van der Waals surface area (Å²) in [6, 6.07) is 18.2. The third-order valence-corrected chi connectivity index (χ3v) is 2.77. The van der Waals surface area contributed by atoms with E-state index in [9.17, 15) is 0 Å². The van der Waals surface area contributed by atoms with Gasteiger partial charge in [0.25, 0.3) is 0 Å². The van der Waals surface area contributed by atoms with Gasteiger partial charge in [0, 0.05) is 0 Å². The summed E-state index contributed by atoms with van der Waals surface area (Å²) < 4.78 is 5.73. The van der Waals surface area contributed by atoms with E-state index in [1.807, 2.05) is 42.5 Å². The summed E-state index contributed by atoms with van der Waals surface area (Å²) in [5.74, 6) is 0.889. The van der Waals surface area contributed by atoms with Crippen LogP contribution in [0, 0.1) is 0 Å². The van der Waals surface area contributed by atoms with E-state index in [-0.39, 0.29) is 0 Å². The Morgan fingerprint density at radius 3 is 2.37 bits per heavy atom. The highest BCUT2D eigenvalue weighted by molar-refractivity contribution is 5.50. The van der Waals surface area contributed by atoms with Gasteiger partial charge in [-0.05, 0) is 36.2 Å². The molecule has 0 aliphatic carbocycles. The molecule has 0 aromatic heterocycles. The SMILES string of the molecule is NCCC=Cc1ccc(OCc2ccccc2)cc1. The van der Waals surface area contributed by atoms with Crippen molar-refractivity contribution in [2.45, 2.75) is 13.0 Å². The average Bonchev–Trinajstić information content (AvgIpc) is 2.48. The van der Waals surface area contributed by atoms with Crippen molar-refractivity contribution in [3.05, 3.63) is 71.8 Å². The highest BCUT2D eigenvalue weighted by Gasteiger charge is 1.95. The van der Waals surface area contributed by atoms with Crippen molar-refractivity contribution >= 4 is 6.08 Å². The molecule has 0 saturated heterocycles. The van der Waals surface area contributed by atoms with Gasteiger partial charge in [-0.2, -0.15) is 0 Å². The second kappa shape index (κ2) is 7.39. The van der Waals surface area contributed by atoms with Crippen LogP contribution in [-0.2, 0) is 6.61 Å². The Labute approximate surface area is 114 Å². The van der Waals surface area contributed by atoms with E-state index in [1.54, 1.807) is 0 Å². The summed E-state index contributed by atoms with van der Waals surface area (Å²) in [4.78, 5) is 0. The van der Waals surface area contributed by atoms with Crippen molar-refractivity contribution in [3.63, 3.8) is 0 Å². The van der Waals surface area contributed by atoms with Crippen molar-refractivity contribution < 1.29 is 4.74 Å². The number of nitrogens with two attached hydrogens (primary N) is 1. The molecule has 0 spiro atoms. The molecule has 0 aliphatic rings. The summed E-state index contributed by atoms with van der Waals surface area (Å²) in [5, 5.41) is 0. The molecule has 2 nitrogen and oxygen atoms in total. The quantitative estimate of drug-likeness (QED) is 0.853. The molecule has 2 heteroatoms. The molecule has 0 fully saturated rings. The van der Waals surface area contributed by atoms with E-state index in [2.05, 4.69) is 24.3 Å². The fourth-order valence-electron chi connectivity index (χ4n) is 1.73. The molecule has 0 bridgehead atoms. The molecule has 2 aromatic rings. The monoisotopic (exact) mass is 253 g/mol. The van der Waals surface area contributed by atoms with Crippen molar-refractivity contribution in [1.82, 2.24) is 0 Å². The first-order valence-electron chi connectivity index (χ1n) is 6.52. The lowest BCUT2D eigenvalue weighted by Crippen LogP contribution is -1.95. The van der Waals surface area contributed by atoms with E-state index < -0.39 is 0 Å². The Morgan fingerprint density at radius 1 is 0.947 bits per heavy atom. The third kappa shape index (κ3) is 4.60. The normalized spacial score (nSPS) is 10.8. The molecular weight excluding hydrogens is 234 g/mol. The maximum Gasteiger partial charge on any atom is 0.119 e. The summed E-state index contributed by atoms with van der Waals surface area (Å²) in [5.41, 5.74) is 7.78. The average molecular weight is 253 g/mol. The van der Waals surface area contributed by atoms with Gasteiger partial charge in [-0.1, -0.05) is 54.6 Å². The first kappa shape index (κ1) is 13.4. The van der Waals surface area contributed by atoms with Crippen LogP contribution in [0.3, 0.4) is 0 Å². The molecule has 0 radical (unpaired) electrons. The Balaban J connectivity index is 1.88. The number of benzene rings is 2. The van der Waals surface area contributed by atoms with Gasteiger partial charge in [0.05, 0.1) is 0 Å². The Morgan fingerprint density at radius 2 is 1.68 bits per heavy atom. The van der Waals surface area contributed by atoms with Crippen LogP contribution in [0.2, 0.25) is 0 Å². The lowest BCUT2D eigenvalue weighted by atomic mass is 10.2. The molecule has 0 amide bonds. The first-order valence-corrected chi connectivity index (χ1v) is 6.52. The molecule has 0 unspecified atom stereocenters. The van der Waals surface area contributed by atoms with Gasteiger partial charge in [0.15, 0.2) is 0 Å². The van der Waals surface area contributed by atoms with E-state index in [1.165, 1.54) is 11.1 Å². The summed E-state index contributed by atoms with van der Waals surface area (Å²) in [6.45, 7) is 1.29. The van der Waals surface area contributed by atoms with E-state index in [0.717, 1.165) is 12.2 Å². The highest BCUT2D eigenvalue weighted by atomic mass is 16.5. The largest absolute Gasteiger partial charge is 0.489 e. The summed E-state index contributed by atoms with van der Waals surface area (Å²) >= 11 is 0. The fraction of sp³-hybridized carbons (Fsp3) is 0.176. The minimum absolute atomic E-state index is 0.600. The van der Waals surface area contributed by atoms with E-state index in [0.29, 0.717) is 13.2 Å². The predicted molar refractivity (Wildman–Crippen MR) is 79.9 cm³/mol. The Hall–Kier alpha value is -2.06. The molecular formula is C17H19NO. The topological polar surface area (TPSA) is 35.2 Å². The third-order valence-electron chi connectivity index (χ3n) is 2.77. The van der Waals surface area contributed by atoms with Crippen molar-refractivity contribution in [3.8, 4) is 5.75 Å². The standard InChI is InChI=1S/C17H19NO/c18-13-5-4-6-15-9-11-17(12-10-15)19-14-16-7-2-1-3-8-16/h1-4,6-12H,5,13-14,18H2. The maximum atomic E-state index is 5.73. The second-order valence-electron chi connectivity index (χ2n) is 4.32. The first-order chi connectivity index (χ1) is 9.38. The lowest BCUT2D eigenvalue weighted by Gasteiger charge is -2.06. The van der Waals surface area contributed by atoms with E-state index >= 15 is 0 Å². The smallest absolute Gasteiger partial charge is 0.119 e. The molecule has 2 rings (SSSR count). The van der Waals surface area contributed by atoms with Crippen molar-refractivity contribution in [1.29, 1.82) is 0 Å². The van der Waals surface area contributed by atoms with Gasteiger partial charge in [-0.25, -0.2) is 0 Å². The van der Waals surface area contributed by atoms with Crippen LogP contribution in [0.1, 0.15) is 17.5 Å². The number of rotatable bonds is 6. The van der Waals surface area contributed by atoms with Gasteiger partial charge >= 0.3 is 0 Å². The van der Waals surface area contributed by atoms with Gasteiger partial charge in [-0.3, -0.25) is 0 Å². The van der Waals surface area contributed by atoms with Crippen LogP contribution in [0.15, 0.2) is 60.7 Å². The van der Waals surface area contributed by atoms with E-state index in [4.69, 9.17) is 10.5 Å². The van der Waals surface area contributed by atoms with Crippen molar-refractivity contribution in [2.24, 2.45) is 5.73 Å². The highest BCUT2D eigenvalue weighted by Crippen LogP contribution is 2.15. The summed E-state index contributed by atoms with van der Waals surface area (Å²) in [7, 11) is 0. The van der Waals surface area contributed by atoms with Crippen LogP contribution in [-0.4, -0.2) is 6.54 Å². The zero-order valence-electron chi connectivity index (χ0n) is 11.0. The number of ether oxygens (including phenoxy) is 1. The van der Waals surface area contributed by atoms with Crippen LogP contribution in [0.5, 0.6) is 5.75 Å². The molecule has 0 saturated carbocycles. The Bertz CT molecular complexity index is 503. The van der Waals surface area contributed by atoms with Gasteiger partial charge in [0.1, 0.15) is 12.4 Å². The van der Waals surface area contributed by atoms with Crippen LogP contribution in [0.4, 0.5) is 0 Å². The predicted octanol–water partition coefficient (Wildman–Crippen LogP) is 3.63. The minimum atomic E-state index is 0.600. The fourth-order valence-corrected chi connectivity index (χ4v) is 1.73. The van der Waals surface area contributed by atoms with Crippen LogP contribution >= 0.6 is 0 Å². The minimum Gasteiger partial charge on any atom is -0.489 e. The van der Waals surface area contributed by atoms with Gasteiger partial charge in [0.2, 0.25) is 0 Å². The number of hydrogen-bond acceptors (Lipinski definition) is 2. The molecule has 2 N–H and O–H groups in total. The lowest BCUT2D eigenvalue weighted by molar-refractivity contribution is 0.306. The zero-order chi connectivity index (χ0) is 13.3. The zero-order valence-corrected chi connectivity index (χ0v) is 11.0. The molecule has 19 heavy (non-hydrogen) atoms. The van der Waals surface area contributed by atoms with Crippen LogP contribution < -0.4 is 10.5 Å². The molecule has 0 aliphatic heterocycles. The van der Waals surface area contributed by atoms with Gasteiger partial charge < -0.3 is 10.5 Å². The molecule has 0 atom stereocenters.